The fourth-order valence-corrected chi connectivity index (χ4v) is 2.50. The van der Waals surface area contributed by atoms with E-state index in [-0.39, 0.29) is 18.4 Å². The van der Waals surface area contributed by atoms with Crippen molar-refractivity contribution in [2.45, 2.75) is 52.1 Å². The number of amides is 4. The van der Waals surface area contributed by atoms with Crippen molar-refractivity contribution >= 4 is 23.7 Å². The first-order valence-electron chi connectivity index (χ1n) is 7.41. The van der Waals surface area contributed by atoms with Gasteiger partial charge in [-0.2, -0.15) is 5.10 Å². The number of hydrogen-bond donors (Lipinski definition) is 3. The summed E-state index contributed by atoms with van der Waals surface area (Å²) in [5, 5.41) is 11.7. The van der Waals surface area contributed by atoms with E-state index in [4.69, 9.17) is 0 Å². The number of aromatic nitrogens is 2. The lowest BCUT2D eigenvalue weighted by molar-refractivity contribution is -0.124. The Balaban J connectivity index is 2.05. The molecule has 1 saturated heterocycles. The number of carbonyl (C=O) groups excluding carboxylic acids is 3. The van der Waals surface area contributed by atoms with E-state index in [2.05, 4.69) is 34.9 Å². The normalized spacial score (nSPS) is 17.5. The standard InChI is InChI=1S/C14H21N5O3/c1-4-9(5-2)19-11(6-8(3)18-19)16-12(20)7-10-13(21)17-14(22)15-10/h6,9-10H,4-5,7H2,1-3H3,(H,16,20)(H2,15,17,21,22)/t10-/m1/s1. The molecule has 1 aliphatic rings. The number of anilines is 1. The lowest BCUT2D eigenvalue weighted by Gasteiger charge is -2.17. The highest BCUT2D eigenvalue weighted by atomic mass is 16.2. The molecule has 0 radical (unpaired) electrons. The molecule has 0 bridgehead atoms. The maximum atomic E-state index is 12.1. The molecule has 1 atom stereocenters. The number of urea groups is 1. The Hall–Kier alpha value is -2.38. The van der Waals surface area contributed by atoms with E-state index in [9.17, 15) is 14.4 Å². The maximum absolute atomic E-state index is 12.1. The first kappa shape index (κ1) is 16.0. The molecule has 0 saturated carbocycles. The van der Waals surface area contributed by atoms with Crippen molar-refractivity contribution < 1.29 is 14.4 Å². The summed E-state index contributed by atoms with van der Waals surface area (Å²) in [7, 11) is 0. The van der Waals surface area contributed by atoms with Gasteiger partial charge in [0, 0.05) is 6.07 Å². The van der Waals surface area contributed by atoms with Crippen LogP contribution in [0.4, 0.5) is 10.6 Å². The van der Waals surface area contributed by atoms with Crippen LogP contribution in [0, 0.1) is 6.92 Å². The van der Waals surface area contributed by atoms with Crippen LogP contribution >= 0.6 is 0 Å². The Bertz CT molecular complexity index is 591. The van der Waals surface area contributed by atoms with E-state index in [0.717, 1.165) is 18.5 Å². The molecule has 1 fully saturated rings. The molecule has 1 aliphatic heterocycles. The third-order valence-corrected chi connectivity index (χ3v) is 3.66. The summed E-state index contributed by atoms with van der Waals surface area (Å²) in [6.45, 7) is 5.99. The molecule has 8 nitrogen and oxygen atoms in total. The third-order valence-electron chi connectivity index (χ3n) is 3.66. The van der Waals surface area contributed by atoms with Gasteiger partial charge in [-0.25, -0.2) is 9.48 Å². The second kappa shape index (κ2) is 6.59. The van der Waals surface area contributed by atoms with Gasteiger partial charge < -0.3 is 10.6 Å². The highest BCUT2D eigenvalue weighted by Gasteiger charge is 2.31. The smallest absolute Gasteiger partial charge is 0.322 e. The SMILES string of the molecule is CCC(CC)n1nc(C)cc1NC(=O)C[C@H]1NC(=O)NC1=O. The van der Waals surface area contributed by atoms with Crippen LogP contribution in [0.3, 0.4) is 0 Å². The highest BCUT2D eigenvalue weighted by Crippen LogP contribution is 2.22. The molecular formula is C14H21N5O3. The van der Waals surface area contributed by atoms with Crippen LogP contribution in [0.1, 0.15) is 44.8 Å². The number of nitrogens with zero attached hydrogens (tertiary/aromatic N) is 2. The van der Waals surface area contributed by atoms with E-state index in [1.165, 1.54) is 0 Å². The summed E-state index contributed by atoms with van der Waals surface area (Å²) >= 11 is 0. The molecule has 22 heavy (non-hydrogen) atoms. The predicted octanol–water partition coefficient (Wildman–Crippen LogP) is 1.09. The topological polar surface area (TPSA) is 105 Å². The van der Waals surface area contributed by atoms with Crippen LogP contribution in [-0.4, -0.2) is 33.7 Å². The van der Waals surface area contributed by atoms with Crippen LogP contribution < -0.4 is 16.0 Å². The molecule has 0 spiro atoms. The van der Waals surface area contributed by atoms with E-state index in [0.29, 0.717) is 5.82 Å². The van der Waals surface area contributed by atoms with Gasteiger partial charge in [-0.1, -0.05) is 13.8 Å². The molecule has 1 aromatic heterocycles. The first-order chi connectivity index (χ1) is 10.4. The summed E-state index contributed by atoms with van der Waals surface area (Å²) in [5.74, 6) is -0.208. The minimum Gasteiger partial charge on any atom is -0.325 e. The van der Waals surface area contributed by atoms with Gasteiger partial charge in [0.1, 0.15) is 11.9 Å². The largest absolute Gasteiger partial charge is 0.325 e. The van der Waals surface area contributed by atoms with Gasteiger partial charge in [0.15, 0.2) is 0 Å². The van der Waals surface area contributed by atoms with Crippen LogP contribution in [0.25, 0.3) is 0 Å². The number of rotatable bonds is 6. The quantitative estimate of drug-likeness (QED) is 0.684. The van der Waals surface area contributed by atoms with Crippen LogP contribution in [0.15, 0.2) is 6.07 Å². The van der Waals surface area contributed by atoms with Crippen molar-refractivity contribution in [1.29, 1.82) is 0 Å². The summed E-state index contributed by atoms with van der Waals surface area (Å²) in [6.07, 6.45) is 1.70. The highest BCUT2D eigenvalue weighted by molar-refractivity contribution is 6.06. The fourth-order valence-electron chi connectivity index (χ4n) is 2.50. The summed E-state index contributed by atoms with van der Waals surface area (Å²) in [5.41, 5.74) is 0.814. The summed E-state index contributed by atoms with van der Waals surface area (Å²) in [6, 6.07) is 0.612. The average Bonchev–Trinajstić information content (AvgIpc) is 2.94. The average molecular weight is 307 g/mol. The summed E-state index contributed by atoms with van der Waals surface area (Å²) in [4.78, 5) is 34.6. The Morgan fingerprint density at radius 3 is 2.64 bits per heavy atom. The van der Waals surface area contributed by atoms with Crippen LogP contribution in [0.2, 0.25) is 0 Å². The number of aryl methyl sites for hydroxylation is 1. The second-order valence-corrected chi connectivity index (χ2v) is 5.35. The molecule has 4 amide bonds. The van der Waals surface area contributed by atoms with Crippen LogP contribution in [0.5, 0.6) is 0 Å². The zero-order valence-electron chi connectivity index (χ0n) is 13.0. The minimum absolute atomic E-state index is 0.106. The number of carbonyl (C=O) groups is 3. The molecule has 0 unspecified atom stereocenters. The zero-order chi connectivity index (χ0) is 16.3. The summed E-state index contributed by atoms with van der Waals surface area (Å²) < 4.78 is 1.81. The Morgan fingerprint density at radius 2 is 2.09 bits per heavy atom. The predicted molar refractivity (Wildman–Crippen MR) is 80.3 cm³/mol. The van der Waals surface area contributed by atoms with Gasteiger partial charge in [-0.3, -0.25) is 14.9 Å². The maximum Gasteiger partial charge on any atom is 0.322 e. The van der Waals surface area contributed by atoms with E-state index in [1.807, 2.05) is 6.92 Å². The van der Waals surface area contributed by atoms with Gasteiger partial charge in [-0.15, -0.1) is 0 Å². The van der Waals surface area contributed by atoms with Crippen molar-refractivity contribution in [3.05, 3.63) is 11.8 Å². The molecule has 0 aliphatic carbocycles. The van der Waals surface area contributed by atoms with Crippen molar-refractivity contribution in [3.8, 4) is 0 Å². The van der Waals surface area contributed by atoms with Gasteiger partial charge in [0.25, 0.3) is 5.91 Å². The zero-order valence-corrected chi connectivity index (χ0v) is 13.0. The number of nitrogens with one attached hydrogen (secondary N) is 3. The molecule has 8 heteroatoms. The van der Waals surface area contributed by atoms with Crippen molar-refractivity contribution in [2.75, 3.05) is 5.32 Å². The molecule has 0 aromatic carbocycles. The molecule has 120 valence electrons. The minimum atomic E-state index is -0.821. The van der Waals surface area contributed by atoms with E-state index < -0.39 is 18.0 Å². The van der Waals surface area contributed by atoms with Crippen molar-refractivity contribution in [1.82, 2.24) is 20.4 Å². The Kier molecular flexibility index (Phi) is 4.79. The lowest BCUT2D eigenvalue weighted by atomic mass is 10.2. The van der Waals surface area contributed by atoms with E-state index >= 15 is 0 Å². The van der Waals surface area contributed by atoms with Gasteiger partial charge >= 0.3 is 6.03 Å². The van der Waals surface area contributed by atoms with E-state index in [1.54, 1.807) is 10.7 Å². The Labute approximate surface area is 128 Å². The molecule has 1 aromatic rings. The molecule has 2 heterocycles. The molecular weight excluding hydrogens is 286 g/mol. The van der Waals surface area contributed by atoms with Crippen LogP contribution in [-0.2, 0) is 9.59 Å². The molecule has 3 N–H and O–H groups in total. The van der Waals surface area contributed by atoms with Gasteiger partial charge in [0.2, 0.25) is 5.91 Å². The second-order valence-electron chi connectivity index (χ2n) is 5.35. The number of hydrogen-bond acceptors (Lipinski definition) is 4. The Morgan fingerprint density at radius 1 is 1.41 bits per heavy atom. The third kappa shape index (κ3) is 3.44. The number of imide groups is 1. The van der Waals surface area contributed by atoms with Crippen molar-refractivity contribution in [2.24, 2.45) is 0 Å². The fraction of sp³-hybridized carbons (Fsp3) is 0.571. The molecule has 2 rings (SSSR count). The van der Waals surface area contributed by atoms with Gasteiger partial charge in [0.05, 0.1) is 18.2 Å². The van der Waals surface area contributed by atoms with Crippen molar-refractivity contribution in [3.63, 3.8) is 0 Å². The lowest BCUT2D eigenvalue weighted by Crippen LogP contribution is -2.33. The van der Waals surface area contributed by atoms with Gasteiger partial charge in [-0.05, 0) is 19.8 Å². The first-order valence-corrected chi connectivity index (χ1v) is 7.41. The monoisotopic (exact) mass is 307 g/mol.